The molecule has 0 radical (unpaired) electrons. The fraction of sp³-hybridized carbons (Fsp3) is 0.625. The second kappa shape index (κ2) is 5.49. The maximum atomic E-state index is 13.0. The van der Waals surface area contributed by atoms with Crippen molar-refractivity contribution in [3.8, 4) is 0 Å². The van der Waals surface area contributed by atoms with Crippen molar-refractivity contribution in [3.05, 3.63) is 30.1 Å². The van der Waals surface area contributed by atoms with E-state index in [1.165, 1.54) is 25.7 Å². The Kier molecular flexibility index (Phi) is 3.74. The van der Waals surface area contributed by atoms with Gasteiger partial charge < -0.3 is 10.2 Å². The van der Waals surface area contributed by atoms with Crippen molar-refractivity contribution in [1.82, 2.24) is 5.32 Å². The molecule has 104 valence electrons. The van der Waals surface area contributed by atoms with Crippen LogP contribution in [0.2, 0.25) is 0 Å². The van der Waals surface area contributed by atoms with Gasteiger partial charge in [-0.15, -0.1) is 0 Å². The van der Waals surface area contributed by atoms with Crippen LogP contribution < -0.4 is 10.2 Å². The van der Waals surface area contributed by atoms with Crippen LogP contribution in [0.1, 0.15) is 32.6 Å². The molecule has 1 saturated heterocycles. The van der Waals surface area contributed by atoms with Crippen LogP contribution >= 0.6 is 0 Å². The SMILES string of the molecule is CCC1CC(NC2CC2)CN(c2ccc(F)cc2)C1. The lowest BCUT2D eigenvalue weighted by Crippen LogP contribution is -2.49. The highest BCUT2D eigenvalue weighted by molar-refractivity contribution is 5.47. The minimum Gasteiger partial charge on any atom is -0.370 e. The van der Waals surface area contributed by atoms with Gasteiger partial charge in [-0.1, -0.05) is 13.3 Å². The van der Waals surface area contributed by atoms with E-state index in [9.17, 15) is 4.39 Å². The molecule has 2 atom stereocenters. The molecule has 19 heavy (non-hydrogen) atoms. The summed E-state index contributed by atoms with van der Waals surface area (Å²) >= 11 is 0. The molecule has 2 nitrogen and oxygen atoms in total. The van der Waals surface area contributed by atoms with E-state index in [4.69, 9.17) is 0 Å². The van der Waals surface area contributed by atoms with E-state index in [-0.39, 0.29) is 5.82 Å². The number of benzene rings is 1. The quantitative estimate of drug-likeness (QED) is 0.896. The second-order valence-corrected chi connectivity index (χ2v) is 6.03. The first-order chi connectivity index (χ1) is 9.24. The van der Waals surface area contributed by atoms with E-state index < -0.39 is 0 Å². The molecule has 0 aromatic heterocycles. The Morgan fingerprint density at radius 2 is 1.89 bits per heavy atom. The summed E-state index contributed by atoms with van der Waals surface area (Å²) in [6, 6.07) is 8.29. The largest absolute Gasteiger partial charge is 0.370 e. The first kappa shape index (κ1) is 12.9. The molecule has 0 amide bonds. The Labute approximate surface area is 115 Å². The molecule has 1 saturated carbocycles. The van der Waals surface area contributed by atoms with Gasteiger partial charge in [0.1, 0.15) is 5.82 Å². The fourth-order valence-electron chi connectivity index (χ4n) is 3.07. The average Bonchev–Trinajstić information content (AvgIpc) is 3.23. The summed E-state index contributed by atoms with van der Waals surface area (Å²) in [6.07, 6.45) is 5.18. The molecule has 2 fully saturated rings. The van der Waals surface area contributed by atoms with E-state index >= 15 is 0 Å². The predicted molar refractivity (Wildman–Crippen MR) is 77.0 cm³/mol. The number of anilines is 1. The summed E-state index contributed by atoms with van der Waals surface area (Å²) < 4.78 is 13.0. The van der Waals surface area contributed by atoms with Gasteiger partial charge in [0.05, 0.1) is 0 Å². The monoisotopic (exact) mass is 262 g/mol. The average molecular weight is 262 g/mol. The van der Waals surface area contributed by atoms with Gasteiger partial charge in [-0.2, -0.15) is 0 Å². The van der Waals surface area contributed by atoms with Crippen molar-refractivity contribution < 1.29 is 4.39 Å². The van der Waals surface area contributed by atoms with E-state index in [0.717, 1.165) is 30.7 Å². The van der Waals surface area contributed by atoms with E-state index in [0.29, 0.717) is 6.04 Å². The van der Waals surface area contributed by atoms with Crippen molar-refractivity contribution in [2.24, 2.45) is 5.92 Å². The molecule has 3 rings (SSSR count). The maximum Gasteiger partial charge on any atom is 0.123 e. The van der Waals surface area contributed by atoms with E-state index in [2.05, 4.69) is 17.1 Å². The van der Waals surface area contributed by atoms with Crippen LogP contribution in [-0.4, -0.2) is 25.2 Å². The van der Waals surface area contributed by atoms with Crippen molar-refractivity contribution >= 4 is 5.69 Å². The van der Waals surface area contributed by atoms with Crippen LogP contribution in [0.4, 0.5) is 10.1 Å². The highest BCUT2D eigenvalue weighted by atomic mass is 19.1. The summed E-state index contributed by atoms with van der Waals surface area (Å²) in [5.41, 5.74) is 1.15. The minimum absolute atomic E-state index is 0.152. The number of nitrogens with zero attached hydrogens (tertiary/aromatic N) is 1. The summed E-state index contributed by atoms with van der Waals surface area (Å²) in [6.45, 7) is 4.43. The third kappa shape index (κ3) is 3.27. The topological polar surface area (TPSA) is 15.3 Å². The Morgan fingerprint density at radius 1 is 1.16 bits per heavy atom. The van der Waals surface area contributed by atoms with Crippen molar-refractivity contribution in [1.29, 1.82) is 0 Å². The highest BCUT2D eigenvalue weighted by Crippen LogP contribution is 2.28. The van der Waals surface area contributed by atoms with Gasteiger partial charge >= 0.3 is 0 Å². The number of hydrogen-bond acceptors (Lipinski definition) is 2. The first-order valence-corrected chi connectivity index (χ1v) is 7.51. The van der Waals surface area contributed by atoms with Gasteiger partial charge in [0, 0.05) is 30.9 Å². The number of piperidine rings is 1. The molecule has 1 heterocycles. The molecule has 0 bridgehead atoms. The van der Waals surface area contributed by atoms with Gasteiger partial charge in [-0.3, -0.25) is 0 Å². The van der Waals surface area contributed by atoms with Crippen molar-refractivity contribution in [3.63, 3.8) is 0 Å². The van der Waals surface area contributed by atoms with E-state index in [1.54, 1.807) is 12.1 Å². The number of rotatable bonds is 4. The van der Waals surface area contributed by atoms with Gasteiger partial charge in [-0.05, 0) is 49.4 Å². The Bertz CT molecular complexity index is 413. The van der Waals surface area contributed by atoms with Gasteiger partial charge in [-0.25, -0.2) is 4.39 Å². The normalized spacial score (nSPS) is 27.6. The zero-order valence-electron chi connectivity index (χ0n) is 11.6. The Hall–Kier alpha value is -1.09. The molecule has 0 spiro atoms. The van der Waals surface area contributed by atoms with Crippen molar-refractivity contribution in [2.45, 2.75) is 44.7 Å². The van der Waals surface area contributed by atoms with Gasteiger partial charge in [0.25, 0.3) is 0 Å². The van der Waals surface area contributed by atoms with Crippen LogP contribution in [0, 0.1) is 11.7 Å². The summed E-state index contributed by atoms with van der Waals surface area (Å²) in [4.78, 5) is 2.41. The third-order valence-electron chi connectivity index (χ3n) is 4.36. The molecule has 1 aliphatic carbocycles. The van der Waals surface area contributed by atoms with Crippen LogP contribution in [0.3, 0.4) is 0 Å². The molecular weight excluding hydrogens is 239 g/mol. The molecule has 1 aliphatic heterocycles. The second-order valence-electron chi connectivity index (χ2n) is 6.03. The number of nitrogens with one attached hydrogen (secondary N) is 1. The minimum atomic E-state index is -0.152. The number of halogens is 1. The Balaban J connectivity index is 1.69. The standard InChI is InChI=1S/C16H23FN2/c1-2-12-9-15(18-14-5-6-14)11-19(10-12)16-7-3-13(17)4-8-16/h3-4,7-8,12,14-15,18H,2,5-6,9-11H2,1H3. The lowest BCUT2D eigenvalue weighted by molar-refractivity contribution is 0.325. The molecule has 1 N–H and O–H groups in total. The summed E-state index contributed by atoms with van der Waals surface area (Å²) in [5, 5.41) is 3.75. The Morgan fingerprint density at radius 3 is 2.53 bits per heavy atom. The highest BCUT2D eigenvalue weighted by Gasteiger charge is 2.31. The smallest absolute Gasteiger partial charge is 0.123 e. The summed E-state index contributed by atoms with van der Waals surface area (Å²) in [7, 11) is 0. The molecular formula is C16H23FN2. The molecule has 1 aromatic rings. The molecule has 3 heteroatoms. The molecule has 1 aromatic carbocycles. The van der Waals surface area contributed by atoms with Crippen molar-refractivity contribution in [2.75, 3.05) is 18.0 Å². The predicted octanol–water partition coefficient (Wildman–Crippen LogP) is 3.18. The van der Waals surface area contributed by atoms with E-state index in [1.807, 2.05) is 12.1 Å². The van der Waals surface area contributed by atoms with Gasteiger partial charge in [0.15, 0.2) is 0 Å². The fourth-order valence-corrected chi connectivity index (χ4v) is 3.07. The van der Waals surface area contributed by atoms with Gasteiger partial charge in [0.2, 0.25) is 0 Å². The third-order valence-corrected chi connectivity index (χ3v) is 4.36. The number of hydrogen-bond donors (Lipinski definition) is 1. The first-order valence-electron chi connectivity index (χ1n) is 7.51. The van der Waals surface area contributed by atoms with Crippen LogP contribution in [0.5, 0.6) is 0 Å². The van der Waals surface area contributed by atoms with Crippen LogP contribution in [-0.2, 0) is 0 Å². The lowest BCUT2D eigenvalue weighted by atomic mass is 9.91. The zero-order chi connectivity index (χ0) is 13.2. The summed E-state index contributed by atoms with van der Waals surface area (Å²) in [5.74, 6) is 0.593. The molecule has 2 unspecified atom stereocenters. The maximum absolute atomic E-state index is 13.0. The van der Waals surface area contributed by atoms with Crippen LogP contribution in [0.25, 0.3) is 0 Å². The molecule has 2 aliphatic rings. The van der Waals surface area contributed by atoms with Crippen LogP contribution in [0.15, 0.2) is 24.3 Å². The zero-order valence-corrected chi connectivity index (χ0v) is 11.6. The lowest BCUT2D eigenvalue weighted by Gasteiger charge is -2.39.